The van der Waals surface area contributed by atoms with Gasteiger partial charge in [0.2, 0.25) is 0 Å². The molecule has 4 aromatic rings. The van der Waals surface area contributed by atoms with Crippen molar-refractivity contribution in [3.63, 3.8) is 0 Å². The number of rotatable bonds is 4. The third-order valence-corrected chi connectivity index (χ3v) is 3.66. The molecule has 0 bridgehead atoms. The number of benzene rings is 1. The summed E-state index contributed by atoms with van der Waals surface area (Å²) in [6, 6.07) is 18.3. The molecule has 26 heavy (non-hydrogen) atoms. The van der Waals surface area contributed by atoms with E-state index in [0.717, 1.165) is 16.8 Å². The van der Waals surface area contributed by atoms with E-state index in [0.29, 0.717) is 11.6 Å². The molecule has 0 aliphatic heterocycles. The Labute approximate surface area is 148 Å². The minimum atomic E-state index is -0.425. The Morgan fingerprint density at radius 3 is 2.50 bits per heavy atom. The van der Waals surface area contributed by atoms with Gasteiger partial charge < -0.3 is 9.84 Å². The second kappa shape index (κ2) is 6.94. The highest BCUT2D eigenvalue weighted by Gasteiger charge is 2.14. The second-order valence-corrected chi connectivity index (χ2v) is 5.44. The molecule has 0 unspecified atom stereocenters. The average molecular weight is 343 g/mol. The fourth-order valence-electron chi connectivity index (χ4n) is 2.37. The van der Waals surface area contributed by atoms with Gasteiger partial charge in [-0.3, -0.25) is 9.78 Å². The van der Waals surface area contributed by atoms with E-state index < -0.39 is 5.91 Å². The lowest BCUT2D eigenvalue weighted by Crippen LogP contribution is -2.13. The van der Waals surface area contributed by atoms with Crippen molar-refractivity contribution >= 4 is 11.7 Å². The summed E-state index contributed by atoms with van der Waals surface area (Å²) in [5.41, 5.74) is 2.57. The summed E-state index contributed by atoms with van der Waals surface area (Å²) in [5, 5.41) is 14.6. The third-order valence-electron chi connectivity index (χ3n) is 3.66. The zero-order valence-electron chi connectivity index (χ0n) is 13.5. The topological polar surface area (TPSA) is 93.8 Å². The zero-order chi connectivity index (χ0) is 17.8. The van der Waals surface area contributed by atoms with E-state index in [1.165, 1.54) is 0 Å². The molecule has 126 valence electrons. The van der Waals surface area contributed by atoms with Gasteiger partial charge in [-0.05, 0) is 24.3 Å². The van der Waals surface area contributed by atoms with Crippen LogP contribution in [0.2, 0.25) is 0 Å². The molecule has 1 N–H and O–H groups in total. The quantitative estimate of drug-likeness (QED) is 0.610. The maximum absolute atomic E-state index is 12.3. The van der Waals surface area contributed by atoms with E-state index in [-0.39, 0.29) is 5.69 Å². The summed E-state index contributed by atoms with van der Waals surface area (Å²) in [5.74, 6) is 0.375. The second-order valence-electron chi connectivity index (χ2n) is 5.44. The van der Waals surface area contributed by atoms with Crippen LogP contribution in [0, 0.1) is 0 Å². The first-order valence-corrected chi connectivity index (χ1v) is 7.87. The maximum Gasteiger partial charge on any atom is 0.279 e. The van der Waals surface area contributed by atoms with Gasteiger partial charge in [0.05, 0.1) is 5.69 Å². The first-order chi connectivity index (χ1) is 12.8. The van der Waals surface area contributed by atoms with E-state index in [9.17, 15) is 4.79 Å². The summed E-state index contributed by atoms with van der Waals surface area (Å²) in [7, 11) is 0. The van der Waals surface area contributed by atoms with E-state index in [2.05, 4.69) is 25.7 Å². The summed E-state index contributed by atoms with van der Waals surface area (Å²) >= 11 is 0. The van der Waals surface area contributed by atoms with Crippen LogP contribution in [0.4, 0.5) is 5.82 Å². The monoisotopic (exact) mass is 343 g/mol. The van der Waals surface area contributed by atoms with Crippen molar-refractivity contribution < 1.29 is 9.32 Å². The van der Waals surface area contributed by atoms with E-state index in [4.69, 9.17) is 4.52 Å². The highest BCUT2D eigenvalue weighted by molar-refractivity contribution is 6.02. The highest BCUT2D eigenvalue weighted by Crippen LogP contribution is 2.20. The molecule has 0 aliphatic rings. The minimum Gasteiger partial charge on any atom is -0.355 e. The fourth-order valence-corrected chi connectivity index (χ4v) is 2.37. The molecule has 0 radical (unpaired) electrons. The van der Waals surface area contributed by atoms with Gasteiger partial charge in [-0.15, -0.1) is 10.2 Å². The van der Waals surface area contributed by atoms with Crippen molar-refractivity contribution in [2.75, 3.05) is 5.32 Å². The predicted octanol–water partition coefficient (Wildman–Crippen LogP) is 3.45. The lowest BCUT2D eigenvalue weighted by molar-refractivity contribution is 0.101. The Hall–Kier alpha value is -3.87. The molecular weight excluding hydrogens is 330 g/mol. The van der Waals surface area contributed by atoms with Crippen molar-refractivity contribution in [3.8, 4) is 22.6 Å². The summed E-state index contributed by atoms with van der Waals surface area (Å²) in [6.07, 6.45) is 3.29. The molecule has 3 aromatic heterocycles. The molecule has 0 fully saturated rings. The van der Waals surface area contributed by atoms with Crippen LogP contribution in [0.5, 0.6) is 0 Å². The van der Waals surface area contributed by atoms with Crippen molar-refractivity contribution in [1.82, 2.24) is 20.3 Å². The van der Waals surface area contributed by atoms with E-state index >= 15 is 0 Å². The first-order valence-electron chi connectivity index (χ1n) is 7.87. The van der Waals surface area contributed by atoms with Crippen LogP contribution >= 0.6 is 0 Å². The van der Waals surface area contributed by atoms with Crippen LogP contribution in [0.25, 0.3) is 22.6 Å². The summed E-state index contributed by atoms with van der Waals surface area (Å²) in [6.45, 7) is 0. The Morgan fingerprint density at radius 1 is 0.923 bits per heavy atom. The number of pyridine rings is 1. The summed E-state index contributed by atoms with van der Waals surface area (Å²) in [4.78, 5) is 16.3. The number of carbonyl (C=O) groups excluding carboxylic acids is 1. The van der Waals surface area contributed by atoms with Gasteiger partial charge in [-0.1, -0.05) is 35.5 Å². The fraction of sp³-hybridized carbons (Fsp3) is 0. The molecule has 4 rings (SSSR count). The number of nitrogens with zero attached hydrogens (tertiary/aromatic N) is 4. The standard InChI is InChI=1S/C19H13N5O2/c25-19(16-11-17(26-24-16)14-7-4-10-20-12-14)21-18-9-8-15(22-23-18)13-5-2-1-3-6-13/h1-12H,(H,21,23,25). The zero-order valence-corrected chi connectivity index (χ0v) is 13.5. The largest absolute Gasteiger partial charge is 0.355 e. The third kappa shape index (κ3) is 3.32. The van der Waals surface area contributed by atoms with Crippen molar-refractivity contribution in [2.24, 2.45) is 0 Å². The lowest BCUT2D eigenvalue weighted by Gasteiger charge is -2.03. The van der Waals surface area contributed by atoms with Gasteiger partial charge in [0.1, 0.15) is 0 Å². The van der Waals surface area contributed by atoms with Crippen LogP contribution in [0.15, 0.2) is 77.6 Å². The Bertz CT molecular complexity index is 1010. The van der Waals surface area contributed by atoms with Crippen LogP contribution in [0.1, 0.15) is 10.5 Å². The molecule has 7 nitrogen and oxygen atoms in total. The number of hydrogen-bond acceptors (Lipinski definition) is 6. The normalized spacial score (nSPS) is 10.5. The number of amides is 1. The summed E-state index contributed by atoms with van der Waals surface area (Å²) < 4.78 is 5.20. The predicted molar refractivity (Wildman–Crippen MR) is 95.2 cm³/mol. The van der Waals surface area contributed by atoms with Gasteiger partial charge in [-0.25, -0.2) is 0 Å². The number of carbonyl (C=O) groups is 1. The van der Waals surface area contributed by atoms with Crippen molar-refractivity contribution in [1.29, 1.82) is 0 Å². The Kier molecular flexibility index (Phi) is 4.17. The number of aromatic nitrogens is 4. The Balaban J connectivity index is 1.48. The molecule has 7 heteroatoms. The molecule has 3 heterocycles. The molecule has 0 spiro atoms. The first kappa shape index (κ1) is 15.6. The van der Waals surface area contributed by atoms with Gasteiger partial charge in [0.25, 0.3) is 5.91 Å². The minimum absolute atomic E-state index is 0.151. The SMILES string of the molecule is O=C(Nc1ccc(-c2ccccc2)nn1)c1cc(-c2cccnc2)on1. The molecule has 0 saturated carbocycles. The van der Waals surface area contributed by atoms with Crippen molar-refractivity contribution in [2.45, 2.75) is 0 Å². The van der Waals surface area contributed by atoms with Crippen LogP contribution in [0.3, 0.4) is 0 Å². The Morgan fingerprint density at radius 2 is 1.77 bits per heavy atom. The van der Waals surface area contributed by atoms with Crippen LogP contribution in [-0.4, -0.2) is 26.2 Å². The van der Waals surface area contributed by atoms with Gasteiger partial charge >= 0.3 is 0 Å². The highest BCUT2D eigenvalue weighted by atomic mass is 16.5. The van der Waals surface area contributed by atoms with Gasteiger partial charge in [0, 0.05) is 29.6 Å². The molecule has 0 saturated heterocycles. The molecule has 0 atom stereocenters. The molecule has 1 amide bonds. The van der Waals surface area contributed by atoms with Crippen molar-refractivity contribution in [3.05, 3.63) is 78.8 Å². The van der Waals surface area contributed by atoms with Crippen LogP contribution < -0.4 is 5.32 Å². The smallest absolute Gasteiger partial charge is 0.279 e. The number of nitrogens with one attached hydrogen (secondary N) is 1. The number of anilines is 1. The molecule has 1 aromatic carbocycles. The average Bonchev–Trinajstić information content (AvgIpc) is 3.20. The maximum atomic E-state index is 12.3. The van der Waals surface area contributed by atoms with Gasteiger partial charge in [0.15, 0.2) is 17.3 Å². The lowest BCUT2D eigenvalue weighted by atomic mass is 10.1. The van der Waals surface area contributed by atoms with Crippen LogP contribution in [-0.2, 0) is 0 Å². The van der Waals surface area contributed by atoms with E-state index in [1.54, 1.807) is 36.7 Å². The van der Waals surface area contributed by atoms with Gasteiger partial charge in [-0.2, -0.15) is 0 Å². The molecular formula is C19H13N5O2. The van der Waals surface area contributed by atoms with E-state index in [1.807, 2.05) is 36.4 Å². The number of hydrogen-bond donors (Lipinski definition) is 1. The molecule has 0 aliphatic carbocycles.